The number of nitrogens with zero attached hydrogens (tertiary/aromatic N) is 3. The maximum absolute atomic E-state index is 12.8. The van der Waals surface area contributed by atoms with E-state index in [2.05, 4.69) is 9.97 Å². The SMILES string of the molecule is COCCCC1CCN(C(=O)c2csc3c(O)nc(N)nc23)CC1. The van der Waals surface area contributed by atoms with Crippen molar-refractivity contribution in [3.8, 4) is 5.88 Å². The Morgan fingerprint density at radius 2 is 2.21 bits per heavy atom. The summed E-state index contributed by atoms with van der Waals surface area (Å²) in [7, 11) is 1.72. The zero-order chi connectivity index (χ0) is 17.1. The van der Waals surface area contributed by atoms with E-state index < -0.39 is 0 Å². The van der Waals surface area contributed by atoms with Gasteiger partial charge in [-0.3, -0.25) is 4.79 Å². The van der Waals surface area contributed by atoms with Crippen LogP contribution < -0.4 is 5.73 Å². The molecule has 3 heterocycles. The molecule has 1 aliphatic heterocycles. The van der Waals surface area contributed by atoms with Gasteiger partial charge in [0.05, 0.1) is 5.56 Å². The lowest BCUT2D eigenvalue weighted by Gasteiger charge is -2.32. The standard InChI is InChI=1S/C16H22N4O3S/c1-23-8-2-3-10-4-6-20(7-5-10)15(22)11-9-24-13-12(11)18-16(17)19-14(13)21/h9-10H,2-8H2,1H3,(H3,17,18,19,21). The molecule has 0 aromatic carbocycles. The molecule has 1 amide bonds. The van der Waals surface area contributed by atoms with Crippen LogP contribution in [0.3, 0.4) is 0 Å². The van der Waals surface area contributed by atoms with E-state index in [0.29, 0.717) is 21.7 Å². The molecular weight excluding hydrogens is 328 g/mol. The quantitative estimate of drug-likeness (QED) is 0.802. The van der Waals surface area contributed by atoms with Crippen LogP contribution in [-0.2, 0) is 4.74 Å². The topological polar surface area (TPSA) is 102 Å². The van der Waals surface area contributed by atoms with Gasteiger partial charge in [-0.2, -0.15) is 4.98 Å². The molecule has 3 N–H and O–H groups in total. The maximum Gasteiger partial charge on any atom is 0.256 e. The van der Waals surface area contributed by atoms with Gasteiger partial charge in [-0.25, -0.2) is 4.98 Å². The number of likely N-dealkylation sites (tertiary alicyclic amines) is 1. The summed E-state index contributed by atoms with van der Waals surface area (Å²) in [5.41, 5.74) is 6.53. The highest BCUT2D eigenvalue weighted by atomic mass is 32.1. The van der Waals surface area contributed by atoms with Crippen LogP contribution in [0, 0.1) is 5.92 Å². The predicted octanol–water partition coefficient (Wildman–Crippen LogP) is 2.26. The number of aromatic hydroxyl groups is 1. The first-order valence-electron chi connectivity index (χ1n) is 8.12. The van der Waals surface area contributed by atoms with Gasteiger partial charge in [0.2, 0.25) is 11.8 Å². The van der Waals surface area contributed by atoms with Crippen LogP contribution in [0.4, 0.5) is 5.95 Å². The van der Waals surface area contributed by atoms with Crippen molar-refractivity contribution in [2.24, 2.45) is 5.92 Å². The van der Waals surface area contributed by atoms with Crippen LogP contribution in [-0.4, -0.2) is 52.7 Å². The summed E-state index contributed by atoms with van der Waals surface area (Å²) in [6.07, 6.45) is 4.24. The molecule has 24 heavy (non-hydrogen) atoms. The molecule has 8 heteroatoms. The number of ether oxygens (including phenoxy) is 1. The molecule has 0 spiro atoms. The van der Waals surface area contributed by atoms with Gasteiger partial charge in [0.1, 0.15) is 10.2 Å². The molecule has 1 fully saturated rings. The first-order valence-corrected chi connectivity index (χ1v) is 9.00. The van der Waals surface area contributed by atoms with Crippen molar-refractivity contribution in [3.63, 3.8) is 0 Å². The van der Waals surface area contributed by atoms with Gasteiger partial charge >= 0.3 is 0 Å². The highest BCUT2D eigenvalue weighted by Gasteiger charge is 2.26. The van der Waals surface area contributed by atoms with Gasteiger partial charge in [0, 0.05) is 32.2 Å². The summed E-state index contributed by atoms with van der Waals surface area (Å²) >= 11 is 1.26. The third-order valence-electron chi connectivity index (χ3n) is 4.51. The minimum atomic E-state index is -0.168. The molecule has 0 bridgehead atoms. The van der Waals surface area contributed by atoms with Gasteiger partial charge in [-0.1, -0.05) is 0 Å². The highest BCUT2D eigenvalue weighted by Crippen LogP contribution is 2.32. The Balaban J connectivity index is 1.68. The lowest BCUT2D eigenvalue weighted by Crippen LogP contribution is -2.38. The van der Waals surface area contributed by atoms with E-state index in [-0.39, 0.29) is 17.7 Å². The fourth-order valence-corrected chi connectivity index (χ4v) is 4.05. The number of nitrogen functional groups attached to an aromatic ring is 1. The van der Waals surface area contributed by atoms with E-state index in [1.54, 1.807) is 12.5 Å². The smallest absolute Gasteiger partial charge is 0.256 e. The Morgan fingerprint density at radius 3 is 2.92 bits per heavy atom. The average molecular weight is 350 g/mol. The van der Waals surface area contributed by atoms with E-state index in [1.807, 2.05) is 4.90 Å². The van der Waals surface area contributed by atoms with Gasteiger partial charge in [0.15, 0.2) is 0 Å². The number of thiophene rings is 1. The van der Waals surface area contributed by atoms with Crippen LogP contribution in [0.5, 0.6) is 5.88 Å². The Labute approximate surface area is 144 Å². The Hall–Kier alpha value is -1.93. The Morgan fingerprint density at radius 1 is 1.46 bits per heavy atom. The second-order valence-corrected chi connectivity index (χ2v) is 6.98. The zero-order valence-electron chi connectivity index (χ0n) is 13.7. The van der Waals surface area contributed by atoms with Crippen LogP contribution in [0.15, 0.2) is 5.38 Å². The minimum Gasteiger partial charge on any atom is -0.492 e. The molecular formula is C16H22N4O3S. The fraction of sp³-hybridized carbons (Fsp3) is 0.562. The number of carbonyl (C=O) groups excluding carboxylic acids is 1. The fourth-order valence-electron chi connectivity index (χ4n) is 3.18. The summed E-state index contributed by atoms with van der Waals surface area (Å²) in [5, 5.41) is 11.6. The molecule has 2 aromatic rings. The summed E-state index contributed by atoms with van der Waals surface area (Å²) in [6.45, 7) is 2.30. The molecule has 1 saturated heterocycles. The van der Waals surface area contributed by atoms with Gasteiger partial charge in [-0.15, -0.1) is 11.3 Å². The molecule has 130 valence electrons. The third kappa shape index (κ3) is 3.44. The van der Waals surface area contributed by atoms with Crippen molar-refractivity contribution in [3.05, 3.63) is 10.9 Å². The van der Waals surface area contributed by atoms with Crippen molar-refractivity contribution in [2.45, 2.75) is 25.7 Å². The van der Waals surface area contributed by atoms with Crippen molar-refractivity contribution < 1.29 is 14.6 Å². The second kappa shape index (κ2) is 7.31. The summed E-state index contributed by atoms with van der Waals surface area (Å²) in [6, 6.07) is 0. The number of nitrogens with two attached hydrogens (primary N) is 1. The number of carbonyl (C=O) groups is 1. The van der Waals surface area contributed by atoms with Crippen molar-refractivity contribution in [1.82, 2.24) is 14.9 Å². The normalized spacial score (nSPS) is 16.0. The van der Waals surface area contributed by atoms with E-state index in [9.17, 15) is 9.90 Å². The zero-order valence-corrected chi connectivity index (χ0v) is 14.5. The number of anilines is 1. The lowest BCUT2D eigenvalue weighted by molar-refractivity contribution is 0.0683. The lowest BCUT2D eigenvalue weighted by atomic mass is 9.92. The third-order valence-corrected chi connectivity index (χ3v) is 5.47. The molecule has 0 radical (unpaired) electrons. The molecule has 2 aromatic heterocycles. The second-order valence-electron chi connectivity index (χ2n) is 6.10. The molecule has 3 rings (SSSR count). The maximum atomic E-state index is 12.8. The van der Waals surface area contributed by atoms with Crippen molar-refractivity contribution >= 4 is 33.4 Å². The number of methoxy groups -OCH3 is 1. The average Bonchev–Trinajstić information content (AvgIpc) is 2.99. The Kier molecular flexibility index (Phi) is 5.15. The minimum absolute atomic E-state index is 0.0238. The molecule has 7 nitrogen and oxygen atoms in total. The summed E-state index contributed by atoms with van der Waals surface area (Å²) in [4.78, 5) is 22.5. The molecule has 0 atom stereocenters. The predicted molar refractivity (Wildman–Crippen MR) is 93.2 cm³/mol. The van der Waals surface area contributed by atoms with E-state index >= 15 is 0 Å². The number of fused-ring (bicyclic) bond motifs is 1. The number of hydrogen-bond donors (Lipinski definition) is 2. The number of piperidine rings is 1. The number of rotatable bonds is 5. The van der Waals surface area contributed by atoms with E-state index in [4.69, 9.17) is 10.5 Å². The monoisotopic (exact) mass is 350 g/mol. The van der Waals surface area contributed by atoms with Crippen LogP contribution in [0.25, 0.3) is 10.2 Å². The molecule has 0 aliphatic carbocycles. The first-order chi connectivity index (χ1) is 11.6. The van der Waals surface area contributed by atoms with Gasteiger partial charge in [0.25, 0.3) is 5.91 Å². The van der Waals surface area contributed by atoms with Crippen LogP contribution in [0.1, 0.15) is 36.0 Å². The van der Waals surface area contributed by atoms with E-state index in [1.165, 1.54) is 11.3 Å². The Bertz CT molecular complexity index is 725. The first kappa shape index (κ1) is 16.9. The van der Waals surface area contributed by atoms with Gasteiger partial charge in [-0.05, 0) is 31.6 Å². The van der Waals surface area contributed by atoms with Crippen molar-refractivity contribution in [2.75, 3.05) is 32.5 Å². The number of aromatic nitrogens is 2. The van der Waals surface area contributed by atoms with E-state index in [0.717, 1.165) is 45.4 Å². The molecule has 0 saturated carbocycles. The van der Waals surface area contributed by atoms with Crippen molar-refractivity contribution in [1.29, 1.82) is 0 Å². The van der Waals surface area contributed by atoms with Crippen LogP contribution >= 0.6 is 11.3 Å². The number of amides is 1. The summed E-state index contributed by atoms with van der Waals surface area (Å²) in [5.74, 6) is 0.419. The highest BCUT2D eigenvalue weighted by molar-refractivity contribution is 7.17. The number of hydrogen-bond acceptors (Lipinski definition) is 7. The molecule has 1 aliphatic rings. The van der Waals surface area contributed by atoms with Gasteiger partial charge < -0.3 is 20.5 Å². The molecule has 0 unspecified atom stereocenters. The largest absolute Gasteiger partial charge is 0.492 e. The van der Waals surface area contributed by atoms with Crippen LogP contribution in [0.2, 0.25) is 0 Å². The summed E-state index contributed by atoms with van der Waals surface area (Å²) < 4.78 is 5.60.